The summed E-state index contributed by atoms with van der Waals surface area (Å²) in [6.07, 6.45) is 13.3. The fourth-order valence-corrected chi connectivity index (χ4v) is 3.63. The zero-order valence-electron chi connectivity index (χ0n) is 17.7. The zero-order valence-corrected chi connectivity index (χ0v) is 17.7. The summed E-state index contributed by atoms with van der Waals surface area (Å²) in [5.41, 5.74) is 2.14. The summed E-state index contributed by atoms with van der Waals surface area (Å²) in [6, 6.07) is 8.20. The topological polar surface area (TPSA) is 56.2 Å². The largest absolute Gasteiger partial charge is 0.375 e. The van der Waals surface area contributed by atoms with E-state index in [1.807, 2.05) is 18.2 Å². The van der Waals surface area contributed by atoms with E-state index in [2.05, 4.69) is 22.9 Å². The Labute approximate surface area is 169 Å². The molecule has 0 unspecified atom stereocenters. The van der Waals surface area contributed by atoms with E-state index in [1.165, 1.54) is 64.9 Å². The van der Waals surface area contributed by atoms with E-state index in [0.717, 1.165) is 29.8 Å². The number of imidazole rings is 1. The number of aromatic nitrogens is 2. The summed E-state index contributed by atoms with van der Waals surface area (Å²) in [5, 5.41) is 2.89. The molecule has 2 rings (SSSR count). The smallest absolute Gasteiger partial charge is 0.246 e. The van der Waals surface area contributed by atoms with E-state index < -0.39 is 0 Å². The molecule has 28 heavy (non-hydrogen) atoms. The van der Waals surface area contributed by atoms with Crippen molar-refractivity contribution in [1.29, 1.82) is 0 Å². The molecule has 1 N–H and O–H groups in total. The predicted octanol–water partition coefficient (Wildman–Crippen LogP) is 5.22. The van der Waals surface area contributed by atoms with Crippen LogP contribution >= 0.6 is 0 Å². The summed E-state index contributed by atoms with van der Waals surface area (Å²) >= 11 is 0. The third kappa shape index (κ3) is 7.63. The van der Waals surface area contributed by atoms with Gasteiger partial charge in [0, 0.05) is 13.7 Å². The average Bonchev–Trinajstić information content (AvgIpc) is 3.06. The Bertz CT molecular complexity index is 696. The Morgan fingerprint density at radius 3 is 2.32 bits per heavy atom. The third-order valence-corrected chi connectivity index (χ3v) is 5.19. The number of amides is 1. The van der Waals surface area contributed by atoms with E-state index in [0.29, 0.717) is 6.54 Å². The monoisotopic (exact) mass is 387 g/mol. The lowest BCUT2D eigenvalue weighted by Crippen LogP contribution is -2.28. The highest BCUT2D eigenvalue weighted by molar-refractivity contribution is 5.78. The van der Waals surface area contributed by atoms with Crippen LogP contribution in [0.3, 0.4) is 0 Å². The van der Waals surface area contributed by atoms with Crippen molar-refractivity contribution in [3.8, 4) is 0 Å². The van der Waals surface area contributed by atoms with Gasteiger partial charge in [0.15, 0.2) is 0 Å². The SMILES string of the molecule is CCCCCCCCCCCCn1c(CNC(=O)COC)nc2ccccc21. The number of rotatable bonds is 15. The Morgan fingerprint density at radius 2 is 1.64 bits per heavy atom. The van der Waals surface area contributed by atoms with Crippen molar-refractivity contribution < 1.29 is 9.53 Å². The van der Waals surface area contributed by atoms with E-state index >= 15 is 0 Å². The van der Waals surface area contributed by atoms with Gasteiger partial charge in [0.25, 0.3) is 0 Å². The van der Waals surface area contributed by atoms with Crippen LogP contribution in [0.1, 0.15) is 77.0 Å². The second-order valence-corrected chi connectivity index (χ2v) is 7.56. The Kier molecular flexibility index (Phi) is 10.7. The second kappa shape index (κ2) is 13.3. The summed E-state index contributed by atoms with van der Waals surface area (Å²) in [4.78, 5) is 16.4. The first kappa shape index (κ1) is 22.4. The van der Waals surface area contributed by atoms with E-state index in [1.54, 1.807) is 0 Å². The van der Waals surface area contributed by atoms with Crippen molar-refractivity contribution in [3.63, 3.8) is 0 Å². The number of hydrogen-bond donors (Lipinski definition) is 1. The highest BCUT2D eigenvalue weighted by atomic mass is 16.5. The number of nitrogens with one attached hydrogen (secondary N) is 1. The molecule has 0 atom stereocenters. The number of methoxy groups -OCH3 is 1. The maximum absolute atomic E-state index is 11.7. The Morgan fingerprint density at radius 1 is 1.00 bits per heavy atom. The minimum atomic E-state index is -0.111. The van der Waals surface area contributed by atoms with Gasteiger partial charge in [0.05, 0.1) is 17.6 Å². The third-order valence-electron chi connectivity index (χ3n) is 5.19. The quantitative estimate of drug-likeness (QED) is 0.426. The lowest BCUT2D eigenvalue weighted by molar-refractivity contribution is -0.124. The van der Waals surface area contributed by atoms with Gasteiger partial charge in [-0.2, -0.15) is 0 Å². The fourth-order valence-electron chi connectivity index (χ4n) is 3.63. The second-order valence-electron chi connectivity index (χ2n) is 7.56. The van der Waals surface area contributed by atoms with Gasteiger partial charge in [-0.25, -0.2) is 4.98 Å². The van der Waals surface area contributed by atoms with Crippen molar-refractivity contribution in [1.82, 2.24) is 14.9 Å². The van der Waals surface area contributed by atoms with Gasteiger partial charge in [-0.1, -0.05) is 76.8 Å². The molecule has 156 valence electrons. The van der Waals surface area contributed by atoms with Gasteiger partial charge in [0.2, 0.25) is 5.91 Å². The standard InChI is InChI=1S/C23H37N3O2/c1-3-4-5-6-7-8-9-10-11-14-17-26-21-16-13-12-15-20(21)25-22(26)18-24-23(27)19-28-2/h12-13,15-16H,3-11,14,17-19H2,1-2H3,(H,24,27). The van der Waals surface area contributed by atoms with Crippen LogP contribution < -0.4 is 5.32 Å². The van der Waals surface area contributed by atoms with Crippen LogP contribution in [0.25, 0.3) is 11.0 Å². The predicted molar refractivity (Wildman–Crippen MR) is 115 cm³/mol. The maximum Gasteiger partial charge on any atom is 0.246 e. The molecule has 0 spiro atoms. The Balaban J connectivity index is 1.77. The number of hydrogen-bond acceptors (Lipinski definition) is 3. The summed E-state index contributed by atoms with van der Waals surface area (Å²) in [6.45, 7) is 3.74. The molecule has 0 radical (unpaired) electrons. The molecule has 0 saturated heterocycles. The molecule has 1 aromatic carbocycles. The highest BCUT2D eigenvalue weighted by Crippen LogP contribution is 2.18. The van der Waals surface area contributed by atoms with Crippen molar-refractivity contribution in [2.45, 2.75) is 84.2 Å². The minimum Gasteiger partial charge on any atom is -0.375 e. The number of carbonyl (C=O) groups excluding carboxylic acids is 1. The van der Waals surface area contributed by atoms with Crippen molar-refractivity contribution in [2.24, 2.45) is 0 Å². The molecule has 0 aliphatic heterocycles. The van der Waals surface area contributed by atoms with Crippen molar-refractivity contribution in [3.05, 3.63) is 30.1 Å². The molecule has 5 nitrogen and oxygen atoms in total. The lowest BCUT2D eigenvalue weighted by atomic mass is 10.1. The number of benzene rings is 1. The first-order valence-corrected chi connectivity index (χ1v) is 11.0. The number of unbranched alkanes of at least 4 members (excludes halogenated alkanes) is 9. The normalized spacial score (nSPS) is 11.2. The van der Waals surface area contributed by atoms with Crippen LogP contribution in [-0.2, 0) is 22.6 Å². The molecule has 1 aromatic heterocycles. The number of para-hydroxylation sites is 2. The number of aryl methyl sites for hydroxylation is 1. The molecule has 0 fully saturated rings. The molecular formula is C23H37N3O2. The minimum absolute atomic E-state index is 0.0820. The van der Waals surface area contributed by atoms with Crippen molar-refractivity contribution in [2.75, 3.05) is 13.7 Å². The lowest BCUT2D eigenvalue weighted by Gasteiger charge is -2.10. The fraction of sp³-hybridized carbons (Fsp3) is 0.652. The van der Waals surface area contributed by atoms with Crippen LogP contribution in [-0.4, -0.2) is 29.2 Å². The van der Waals surface area contributed by atoms with Crippen LogP contribution in [0.5, 0.6) is 0 Å². The summed E-state index contributed by atoms with van der Waals surface area (Å²) in [5.74, 6) is 0.807. The molecule has 5 heteroatoms. The molecule has 1 amide bonds. The van der Waals surface area contributed by atoms with E-state index in [4.69, 9.17) is 9.72 Å². The van der Waals surface area contributed by atoms with E-state index in [-0.39, 0.29) is 12.5 Å². The zero-order chi connectivity index (χ0) is 20.0. The van der Waals surface area contributed by atoms with Crippen LogP contribution in [0.15, 0.2) is 24.3 Å². The van der Waals surface area contributed by atoms with Gasteiger partial charge in [-0.05, 0) is 18.6 Å². The molecule has 2 aromatic rings. The maximum atomic E-state index is 11.7. The Hall–Kier alpha value is -1.88. The number of fused-ring (bicyclic) bond motifs is 1. The molecule has 0 saturated carbocycles. The van der Waals surface area contributed by atoms with E-state index in [9.17, 15) is 4.79 Å². The van der Waals surface area contributed by atoms with Crippen LogP contribution in [0, 0.1) is 0 Å². The molecule has 0 aliphatic carbocycles. The van der Waals surface area contributed by atoms with Crippen molar-refractivity contribution >= 4 is 16.9 Å². The molecule has 1 heterocycles. The van der Waals surface area contributed by atoms with Crippen LogP contribution in [0.4, 0.5) is 0 Å². The molecule has 0 aliphatic rings. The number of nitrogens with zero attached hydrogens (tertiary/aromatic N) is 2. The number of carbonyl (C=O) groups is 1. The summed E-state index contributed by atoms with van der Waals surface area (Å²) < 4.78 is 7.14. The van der Waals surface area contributed by atoms with Crippen LogP contribution in [0.2, 0.25) is 0 Å². The van der Waals surface area contributed by atoms with Gasteiger partial charge < -0.3 is 14.6 Å². The van der Waals surface area contributed by atoms with Gasteiger partial charge >= 0.3 is 0 Å². The molecular weight excluding hydrogens is 350 g/mol. The summed E-state index contributed by atoms with van der Waals surface area (Å²) in [7, 11) is 1.53. The first-order chi connectivity index (χ1) is 13.8. The number of ether oxygens (including phenoxy) is 1. The molecule has 0 bridgehead atoms. The van der Waals surface area contributed by atoms with Gasteiger partial charge in [-0.15, -0.1) is 0 Å². The highest BCUT2D eigenvalue weighted by Gasteiger charge is 2.11. The van der Waals surface area contributed by atoms with Gasteiger partial charge in [0.1, 0.15) is 12.4 Å². The van der Waals surface area contributed by atoms with Gasteiger partial charge in [-0.3, -0.25) is 4.79 Å². The first-order valence-electron chi connectivity index (χ1n) is 11.0. The average molecular weight is 388 g/mol.